The molecule has 1 aromatic carbocycles. The van der Waals surface area contributed by atoms with E-state index < -0.39 is 0 Å². The summed E-state index contributed by atoms with van der Waals surface area (Å²) in [6.07, 6.45) is 0. The largest absolute Gasteiger partial charge is 0.310 e. The van der Waals surface area contributed by atoms with Crippen molar-refractivity contribution < 1.29 is 4.39 Å². The van der Waals surface area contributed by atoms with E-state index >= 15 is 0 Å². The predicted octanol–water partition coefficient (Wildman–Crippen LogP) is 4.16. The number of benzene rings is 1. The Morgan fingerprint density at radius 3 is 2.00 bits per heavy atom. The molecule has 0 aromatic heterocycles. The minimum absolute atomic E-state index is 0.164. The molecule has 1 aliphatic rings. The zero-order valence-corrected chi connectivity index (χ0v) is 12.0. The molecule has 0 aliphatic heterocycles. The van der Waals surface area contributed by atoms with Crippen molar-refractivity contribution in [2.75, 3.05) is 6.54 Å². The summed E-state index contributed by atoms with van der Waals surface area (Å²) in [5.41, 5.74) is 1.85. The first kappa shape index (κ1) is 13.5. The topological polar surface area (TPSA) is 12.0 Å². The minimum Gasteiger partial charge on any atom is -0.310 e. The Kier molecular flexibility index (Phi) is 3.26. The van der Waals surface area contributed by atoms with Crippen molar-refractivity contribution in [3.8, 4) is 0 Å². The van der Waals surface area contributed by atoms with Gasteiger partial charge >= 0.3 is 0 Å². The molecule has 0 radical (unpaired) electrons. The second-order valence-corrected chi connectivity index (χ2v) is 6.51. The van der Waals surface area contributed by atoms with E-state index in [-0.39, 0.29) is 5.82 Å². The third-order valence-corrected chi connectivity index (χ3v) is 5.12. The van der Waals surface area contributed by atoms with Gasteiger partial charge in [0.2, 0.25) is 0 Å². The zero-order valence-electron chi connectivity index (χ0n) is 12.0. The van der Waals surface area contributed by atoms with Crippen LogP contribution in [0.3, 0.4) is 0 Å². The summed E-state index contributed by atoms with van der Waals surface area (Å²) >= 11 is 0. The van der Waals surface area contributed by atoms with Crippen LogP contribution < -0.4 is 5.32 Å². The number of hydrogen-bond donors (Lipinski definition) is 1. The lowest BCUT2D eigenvalue weighted by molar-refractivity contribution is 0.418. The second kappa shape index (κ2) is 4.34. The molecule has 0 saturated heterocycles. The Labute approximate surface area is 110 Å². The summed E-state index contributed by atoms with van der Waals surface area (Å²) in [7, 11) is 0. The van der Waals surface area contributed by atoms with E-state index in [1.165, 1.54) is 5.56 Å². The first-order chi connectivity index (χ1) is 8.32. The van der Waals surface area contributed by atoms with E-state index in [2.05, 4.69) is 39.9 Å². The van der Waals surface area contributed by atoms with E-state index in [4.69, 9.17) is 0 Å². The zero-order chi connectivity index (χ0) is 13.6. The van der Waals surface area contributed by atoms with Gasteiger partial charge in [0.25, 0.3) is 0 Å². The Morgan fingerprint density at radius 1 is 1.11 bits per heavy atom. The van der Waals surface area contributed by atoms with Crippen LogP contribution in [0, 0.1) is 22.6 Å². The van der Waals surface area contributed by atoms with E-state index in [0.717, 1.165) is 6.54 Å². The molecule has 1 aromatic rings. The normalized spacial score (nSPS) is 22.8. The fraction of sp³-hybridized carbons (Fsp3) is 0.625. The number of rotatable bonds is 4. The summed E-state index contributed by atoms with van der Waals surface area (Å²) in [6.45, 7) is 12.4. The molecular formula is C16H24FN. The van der Waals surface area contributed by atoms with Gasteiger partial charge in [-0.05, 0) is 41.0 Å². The molecule has 0 heterocycles. The SMILES string of the molecule is CCNC(c1ccc(F)cc1)C1C(C)(C)C1(C)C. The fourth-order valence-corrected chi connectivity index (χ4v) is 3.40. The number of nitrogens with one attached hydrogen (secondary N) is 1. The van der Waals surface area contributed by atoms with Gasteiger partial charge in [0.15, 0.2) is 0 Å². The molecule has 1 unspecified atom stereocenters. The van der Waals surface area contributed by atoms with Crippen molar-refractivity contribution in [1.29, 1.82) is 0 Å². The van der Waals surface area contributed by atoms with Crippen LogP contribution in [0.1, 0.15) is 46.2 Å². The van der Waals surface area contributed by atoms with Crippen molar-refractivity contribution in [3.05, 3.63) is 35.6 Å². The molecule has 1 fully saturated rings. The molecule has 0 bridgehead atoms. The highest BCUT2D eigenvalue weighted by Gasteiger charge is 2.67. The first-order valence-corrected chi connectivity index (χ1v) is 6.81. The third kappa shape index (κ3) is 1.97. The summed E-state index contributed by atoms with van der Waals surface area (Å²) in [6, 6.07) is 7.25. The van der Waals surface area contributed by atoms with Gasteiger partial charge in [0.1, 0.15) is 5.82 Å². The van der Waals surface area contributed by atoms with Gasteiger partial charge in [-0.2, -0.15) is 0 Å². The molecular weight excluding hydrogens is 225 g/mol. The van der Waals surface area contributed by atoms with Crippen molar-refractivity contribution in [1.82, 2.24) is 5.32 Å². The van der Waals surface area contributed by atoms with Crippen molar-refractivity contribution in [2.24, 2.45) is 16.7 Å². The van der Waals surface area contributed by atoms with Gasteiger partial charge in [-0.25, -0.2) is 4.39 Å². The van der Waals surface area contributed by atoms with Crippen LogP contribution in [0.4, 0.5) is 4.39 Å². The van der Waals surface area contributed by atoms with E-state index in [9.17, 15) is 4.39 Å². The Balaban J connectivity index is 2.28. The van der Waals surface area contributed by atoms with E-state index in [0.29, 0.717) is 22.8 Å². The van der Waals surface area contributed by atoms with Crippen molar-refractivity contribution in [2.45, 2.75) is 40.7 Å². The van der Waals surface area contributed by atoms with Gasteiger partial charge in [0.05, 0.1) is 0 Å². The highest BCUT2D eigenvalue weighted by molar-refractivity contribution is 5.27. The van der Waals surface area contributed by atoms with Crippen LogP contribution in [0.5, 0.6) is 0 Å². The molecule has 1 atom stereocenters. The van der Waals surface area contributed by atoms with Gasteiger partial charge in [-0.15, -0.1) is 0 Å². The first-order valence-electron chi connectivity index (χ1n) is 6.81. The quantitative estimate of drug-likeness (QED) is 0.845. The Bertz CT molecular complexity index is 405. The molecule has 2 rings (SSSR count). The second-order valence-electron chi connectivity index (χ2n) is 6.51. The average Bonchev–Trinajstić information content (AvgIpc) is 2.68. The molecule has 1 nitrogen and oxygen atoms in total. The minimum atomic E-state index is -0.164. The number of hydrogen-bond acceptors (Lipinski definition) is 1. The van der Waals surface area contributed by atoms with Crippen LogP contribution in [-0.2, 0) is 0 Å². The Morgan fingerprint density at radius 2 is 1.61 bits per heavy atom. The lowest BCUT2D eigenvalue weighted by Gasteiger charge is -2.21. The van der Waals surface area contributed by atoms with Gasteiger partial charge in [0, 0.05) is 6.04 Å². The van der Waals surface area contributed by atoms with Crippen LogP contribution in [0.15, 0.2) is 24.3 Å². The molecule has 1 aliphatic carbocycles. The predicted molar refractivity (Wildman–Crippen MR) is 73.9 cm³/mol. The summed E-state index contributed by atoms with van der Waals surface area (Å²) in [5.74, 6) is 0.429. The molecule has 100 valence electrons. The van der Waals surface area contributed by atoms with Crippen molar-refractivity contribution >= 4 is 0 Å². The van der Waals surface area contributed by atoms with Crippen molar-refractivity contribution in [3.63, 3.8) is 0 Å². The molecule has 0 amide bonds. The molecule has 0 spiro atoms. The lowest BCUT2D eigenvalue weighted by Crippen LogP contribution is -2.25. The lowest BCUT2D eigenvalue weighted by atomic mass is 9.96. The summed E-state index contributed by atoms with van der Waals surface area (Å²) in [5, 5.41) is 3.57. The van der Waals surface area contributed by atoms with E-state index in [1.807, 2.05) is 12.1 Å². The van der Waals surface area contributed by atoms with Crippen LogP contribution >= 0.6 is 0 Å². The maximum absolute atomic E-state index is 13.0. The van der Waals surface area contributed by atoms with Gasteiger partial charge < -0.3 is 5.32 Å². The fourth-order valence-electron chi connectivity index (χ4n) is 3.40. The molecule has 18 heavy (non-hydrogen) atoms. The summed E-state index contributed by atoms with van der Waals surface area (Å²) < 4.78 is 13.0. The monoisotopic (exact) mass is 249 g/mol. The standard InChI is InChI=1S/C16H24FN/c1-6-18-13(11-7-9-12(17)10-8-11)14-15(2,3)16(14,4)5/h7-10,13-14,18H,6H2,1-5H3. The maximum Gasteiger partial charge on any atom is 0.123 e. The highest BCUT2D eigenvalue weighted by atomic mass is 19.1. The third-order valence-electron chi connectivity index (χ3n) is 5.12. The summed E-state index contributed by atoms with van der Waals surface area (Å²) in [4.78, 5) is 0. The van der Waals surface area contributed by atoms with Gasteiger partial charge in [-0.1, -0.05) is 46.8 Å². The molecule has 2 heteroatoms. The Hall–Kier alpha value is -0.890. The smallest absolute Gasteiger partial charge is 0.123 e. The maximum atomic E-state index is 13.0. The van der Waals surface area contributed by atoms with Crippen LogP contribution in [0.25, 0.3) is 0 Å². The number of halogens is 1. The molecule has 1 saturated carbocycles. The average molecular weight is 249 g/mol. The van der Waals surface area contributed by atoms with Crippen LogP contribution in [0.2, 0.25) is 0 Å². The highest BCUT2D eigenvalue weighted by Crippen LogP contribution is 2.72. The molecule has 1 N–H and O–H groups in total. The van der Waals surface area contributed by atoms with Crippen LogP contribution in [-0.4, -0.2) is 6.54 Å². The van der Waals surface area contributed by atoms with Gasteiger partial charge in [-0.3, -0.25) is 0 Å². The van der Waals surface area contributed by atoms with E-state index in [1.54, 1.807) is 12.1 Å².